The van der Waals surface area contributed by atoms with Crippen LogP contribution in [0.2, 0.25) is 0 Å². The normalized spacial score (nSPS) is 18.7. The van der Waals surface area contributed by atoms with Crippen LogP contribution in [0.4, 0.5) is 4.39 Å². The van der Waals surface area contributed by atoms with Crippen molar-refractivity contribution in [3.63, 3.8) is 0 Å². The van der Waals surface area contributed by atoms with Crippen LogP contribution in [-0.2, 0) is 16.1 Å². The van der Waals surface area contributed by atoms with Crippen molar-refractivity contribution in [1.29, 1.82) is 0 Å². The van der Waals surface area contributed by atoms with E-state index in [9.17, 15) is 14.0 Å². The van der Waals surface area contributed by atoms with Crippen LogP contribution in [0.3, 0.4) is 0 Å². The number of halogens is 1. The number of nitrogens with zero attached hydrogens (tertiary/aromatic N) is 1. The van der Waals surface area contributed by atoms with E-state index in [0.29, 0.717) is 18.8 Å². The van der Waals surface area contributed by atoms with Gasteiger partial charge >= 0.3 is 0 Å². The molecule has 2 amide bonds. The SMILES string of the molecule is CC(NC(=O)C1CC(=O)N(Cc2ccco2)C1)c1ccc(F)cc1. The highest BCUT2D eigenvalue weighted by molar-refractivity contribution is 5.89. The maximum absolute atomic E-state index is 13.0. The van der Waals surface area contributed by atoms with Crippen LogP contribution < -0.4 is 5.32 Å². The van der Waals surface area contributed by atoms with Gasteiger partial charge in [0.1, 0.15) is 11.6 Å². The van der Waals surface area contributed by atoms with Gasteiger partial charge in [0, 0.05) is 13.0 Å². The summed E-state index contributed by atoms with van der Waals surface area (Å²) in [5.74, 6) is -0.213. The van der Waals surface area contributed by atoms with E-state index in [1.54, 1.807) is 35.4 Å². The fourth-order valence-electron chi connectivity index (χ4n) is 2.86. The van der Waals surface area contributed by atoms with Crippen molar-refractivity contribution in [2.24, 2.45) is 5.92 Å². The molecule has 0 aliphatic carbocycles. The maximum Gasteiger partial charge on any atom is 0.225 e. The van der Waals surface area contributed by atoms with Gasteiger partial charge in [-0.1, -0.05) is 12.1 Å². The predicted molar refractivity (Wildman–Crippen MR) is 85.2 cm³/mol. The fraction of sp³-hybridized carbons (Fsp3) is 0.333. The van der Waals surface area contributed by atoms with Crippen LogP contribution in [0.25, 0.3) is 0 Å². The molecule has 1 saturated heterocycles. The largest absolute Gasteiger partial charge is 0.467 e. The second-order valence-electron chi connectivity index (χ2n) is 6.04. The van der Waals surface area contributed by atoms with E-state index in [1.807, 2.05) is 6.92 Å². The molecule has 0 bridgehead atoms. The summed E-state index contributed by atoms with van der Waals surface area (Å²) in [6, 6.07) is 9.34. The number of hydrogen-bond donors (Lipinski definition) is 1. The molecule has 1 aliphatic rings. The van der Waals surface area contributed by atoms with Crippen LogP contribution in [0, 0.1) is 11.7 Å². The summed E-state index contributed by atoms with van der Waals surface area (Å²) in [7, 11) is 0. The first kappa shape index (κ1) is 16.2. The number of rotatable bonds is 5. The van der Waals surface area contributed by atoms with Gasteiger partial charge in [0.2, 0.25) is 11.8 Å². The average molecular weight is 330 g/mol. The Kier molecular flexibility index (Phi) is 4.64. The molecular weight excluding hydrogens is 311 g/mol. The first-order valence-corrected chi connectivity index (χ1v) is 7.89. The molecule has 3 rings (SSSR count). The Balaban J connectivity index is 1.57. The molecule has 24 heavy (non-hydrogen) atoms. The molecule has 1 aliphatic heterocycles. The highest BCUT2D eigenvalue weighted by atomic mass is 19.1. The molecule has 2 atom stereocenters. The molecule has 2 heterocycles. The van der Waals surface area contributed by atoms with Gasteiger partial charge in [-0.25, -0.2) is 4.39 Å². The number of amides is 2. The Morgan fingerprint density at radius 2 is 2.12 bits per heavy atom. The lowest BCUT2D eigenvalue weighted by molar-refractivity contribution is -0.129. The molecule has 5 nitrogen and oxygen atoms in total. The van der Waals surface area contributed by atoms with Crippen LogP contribution in [-0.4, -0.2) is 23.3 Å². The van der Waals surface area contributed by atoms with Gasteiger partial charge in [0.05, 0.1) is 24.8 Å². The van der Waals surface area contributed by atoms with Crippen molar-refractivity contribution in [3.05, 3.63) is 59.8 Å². The van der Waals surface area contributed by atoms with Crippen molar-refractivity contribution in [1.82, 2.24) is 10.2 Å². The lowest BCUT2D eigenvalue weighted by Gasteiger charge is -2.18. The molecule has 2 aromatic rings. The summed E-state index contributed by atoms with van der Waals surface area (Å²) in [6.07, 6.45) is 1.76. The zero-order chi connectivity index (χ0) is 17.1. The molecule has 2 unspecified atom stereocenters. The highest BCUT2D eigenvalue weighted by Crippen LogP contribution is 2.22. The Bertz CT molecular complexity index is 712. The second kappa shape index (κ2) is 6.86. The molecule has 0 spiro atoms. The van der Waals surface area contributed by atoms with Crippen molar-refractivity contribution in [2.75, 3.05) is 6.54 Å². The van der Waals surface area contributed by atoms with Gasteiger partial charge in [-0.3, -0.25) is 9.59 Å². The Labute approximate surface area is 139 Å². The highest BCUT2D eigenvalue weighted by Gasteiger charge is 2.35. The zero-order valence-electron chi connectivity index (χ0n) is 13.4. The third-order valence-electron chi connectivity index (χ3n) is 4.24. The maximum atomic E-state index is 13.0. The minimum Gasteiger partial charge on any atom is -0.467 e. The molecule has 0 saturated carbocycles. The third-order valence-corrected chi connectivity index (χ3v) is 4.24. The number of furan rings is 1. The summed E-state index contributed by atoms with van der Waals surface area (Å²) >= 11 is 0. The molecule has 126 valence electrons. The second-order valence-corrected chi connectivity index (χ2v) is 6.04. The zero-order valence-corrected chi connectivity index (χ0v) is 13.4. The number of hydrogen-bond acceptors (Lipinski definition) is 3. The van der Waals surface area contributed by atoms with Crippen molar-refractivity contribution in [2.45, 2.75) is 25.9 Å². The van der Waals surface area contributed by atoms with Crippen molar-refractivity contribution < 1.29 is 18.4 Å². The van der Waals surface area contributed by atoms with E-state index in [1.165, 1.54) is 12.1 Å². The minimum absolute atomic E-state index is 0.0546. The average Bonchev–Trinajstić information content (AvgIpc) is 3.19. The van der Waals surface area contributed by atoms with Crippen molar-refractivity contribution >= 4 is 11.8 Å². The van der Waals surface area contributed by atoms with E-state index >= 15 is 0 Å². The number of benzene rings is 1. The van der Waals surface area contributed by atoms with E-state index in [0.717, 1.165) is 5.56 Å². The monoisotopic (exact) mass is 330 g/mol. The van der Waals surface area contributed by atoms with Crippen LogP contribution in [0.15, 0.2) is 47.1 Å². The number of nitrogens with one attached hydrogen (secondary N) is 1. The molecule has 0 radical (unpaired) electrons. The first-order valence-electron chi connectivity index (χ1n) is 7.89. The summed E-state index contributed by atoms with van der Waals surface area (Å²) in [4.78, 5) is 26.1. The summed E-state index contributed by atoms with van der Waals surface area (Å²) in [5, 5.41) is 2.89. The van der Waals surface area contributed by atoms with Crippen molar-refractivity contribution in [3.8, 4) is 0 Å². The number of likely N-dealkylation sites (tertiary alicyclic amines) is 1. The van der Waals surface area contributed by atoms with Crippen LogP contribution >= 0.6 is 0 Å². The lowest BCUT2D eigenvalue weighted by Crippen LogP contribution is -2.34. The summed E-state index contributed by atoms with van der Waals surface area (Å²) in [6.45, 7) is 2.59. The van der Waals surface area contributed by atoms with E-state index in [4.69, 9.17) is 4.42 Å². The first-order chi connectivity index (χ1) is 11.5. The molecule has 6 heteroatoms. The Morgan fingerprint density at radius 1 is 1.38 bits per heavy atom. The number of carbonyl (C=O) groups is 2. The summed E-state index contributed by atoms with van der Waals surface area (Å²) < 4.78 is 18.2. The predicted octanol–water partition coefficient (Wildman–Crippen LogP) is 2.64. The van der Waals surface area contributed by atoms with Gasteiger partial charge in [-0.15, -0.1) is 0 Å². The fourth-order valence-corrected chi connectivity index (χ4v) is 2.86. The van der Waals surface area contributed by atoms with E-state index in [2.05, 4.69) is 5.32 Å². The van der Waals surface area contributed by atoms with Gasteiger partial charge in [-0.05, 0) is 36.8 Å². The third kappa shape index (κ3) is 3.64. The lowest BCUT2D eigenvalue weighted by atomic mass is 10.0. The summed E-state index contributed by atoms with van der Waals surface area (Å²) in [5.41, 5.74) is 0.821. The molecule has 1 fully saturated rings. The van der Waals surface area contributed by atoms with Gasteiger partial charge in [-0.2, -0.15) is 0 Å². The van der Waals surface area contributed by atoms with E-state index in [-0.39, 0.29) is 36.0 Å². The molecular formula is C18H19FN2O3. The van der Waals surface area contributed by atoms with Gasteiger partial charge < -0.3 is 14.6 Å². The van der Waals surface area contributed by atoms with Crippen LogP contribution in [0.1, 0.15) is 30.7 Å². The minimum atomic E-state index is -0.379. The molecule has 1 aromatic carbocycles. The van der Waals surface area contributed by atoms with Crippen LogP contribution in [0.5, 0.6) is 0 Å². The van der Waals surface area contributed by atoms with Gasteiger partial charge in [0.15, 0.2) is 0 Å². The quantitative estimate of drug-likeness (QED) is 0.917. The van der Waals surface area contributed by atoms with Gasteiger partial charge in [0.25, 0.3) is 0 Å². The molecule has 1 N–H and O–H groups in total. The number of carbonyl (C=O) groups excluding carboxylic acids is 2. The topological polar surface area (TPSA) is 62.6 Å². The van der Waals surface area contributed by atoms with E-state index < -0.39 is 0 Å². The Morgan fingerprint density at radius 3 is 2.79 bits per heavy atom. The molecule has 1 aromatic heterocycles. The smallest absolute Gasteiger partial charge is 0.225 e. The standard InChI is InChI=1S/C18H19FN2O3/c1-12(13-4-6-15(19)7-5-13)20-18(23)14-9-17(22)21(10-14)11-16-3-2-8-24-16/h2-8,12,14H,9-11H2,1H3,(H,20,23). The Hall–Kier alpha value is -2.63.